The number of unbranched alkanes of at least 4 members (excludes halogenated alkanes) is 5. The second-order valence-electron chi connectivity index (χ2n) is 6.27. The molecule has 0 aromatic heterocycles. The molecule has 0 aromatic rings. The van der Waals surface area contributed by atoms with E-state index in [4.69, 9.17) is 4.74 Å². The summed E-state index contributed by atoms with van der Waals surface area (Å²) in [6.07, 6.45) is 10.7. The van der Waals surface area contributed by atoms with Crippen LogP contribution < -0.4 is 0 Å². The average molecular weight is 298 g/mol. The molecule has 1 N–H and O–H groups in total. The molecule has 0 radical (unpaired) electrons. The normalized spacial score (nSPS) is 18.4. The lowest BCUT2D eigenvalue weighted by atomic mass is 9.70. The first-order chi connectivity index (χ1) is 10.1. The van der Waals surface area contributed by atoms with E-state index >= 15 is 0 Å². The average Bonchev–Trinajstić information content (AvgIpc) is 3.00. The Hall–Kier alpha value is -1.06. The summed E-state index contributed by atoms with van der Waals surface area (Å²) in [5.41, 5.74) is -1.31. The fourth-order valence-corrected chi connectivity index (χ4v) is 3.63. The zero-order chi connectivity index (χ0) is 15.7. The maximum Gasteiger partial charge on any atom is 0.323 e. The van der Waals surface area contributed by atoms with Gasteiger partial charge in [0, 0.05) is 0 Å². The standard InChI is InChI=1S/C17H30O4/c1-3-4-5-6-7-10-13-17(15(18)19,16(20)21-2)14-11-8-9-12-14/h14H,3-13H2,1-2H3,(H,18,19). The fraction of sp³-hybridized carbons (Fsp3) is 0.882. The van der Waals surface area contributed by atoms with Crippen LogP contribution in [0.2, 0.25) is 0 Å². The SMILES string of the molecule is CCCCCCCCC(C(=O)O)(C(=O)OC)C1CCCC1. The van der Waals surface area contributed by atoms with Crippen LogP contribution in [-0.2, 0) is 14.3 Å². The Morgan fingerprint density at radius 2 is 1.67 bits per heavy atom. The van der Waals surface area contributed by atoms with Gasteiger partial charge in [0.05, 0.1) is 7.11 Å². The van der Waals surface area contributed by atoms with E-state index in [9.17, 15) is 14.7 Å². The third-order valence-electron chi connectivity index (χ3n) is 4.91. The van der Waals surface area contributed by atoms with Crippen molar-refractivity contribution < 1.29 is 19.4 Å². The molecule has 0 heterocycles. The Morgan fingerprint density at radius 1 is 1.10 bits per heavy atom. The molecule has 4 heteroatoms. The largest absolute Gasteiger partial charge is 0.480 e. The molecule has 1 atom stereocenters. The summed E-state index contributed by atoms with van der Waals surface area (Å²) in [6, 6.07) is 0. The molecule has 0 saturated heterocycles. The number of hydrogen-bond donors (Lipinski definition) is 1. The van der Waals surface area contributed by atoms with E-state index in [2.05, 4.69) is 6.92 Å². The monoisotopic (exact) mass is 298 g/mol. The van der Waals surface area contributed by atoms with E-state index in [-0.39, 0.29) is 5.92 Å². The van der Waals surface area contributed by atoms with Gasteiger partial charge in [0.2, 0.25) is 0 Å². The highest BCUT2D eigenvalue weighted by Crippen LogP contribution is 2.44. The van der Waals surface area contributed by atoms with Crippen LogP contribution in [0, 0.1) is 11.3 Å². The van der Waals surface area contributed by atoms with Crippen LogP contribution >= 0.6 is 0 Å². The number of hydrogen-bond acceptors (Lipinski definition) is 3. The van der Waals surface area contributed by atoms with Gasteiger partial charge >= 0.3 is 11.9 Å². The number of carbonyl (C=O) groups is 2. The van der Waals surface area contributed by atoms with Crippen molar-refractivity contribution in [2.75, 3.05) is 7.11 Å². The van der Waals surface area contributed by atoms with E-state index in [0.717, 1.165) is 44.9 Å². The van der Waals surface area contributed by atoms with Crippen molar-refractivity contribution in [2.45, 2.75) is 77.6 Å². The van der Waals surface area contributed by atoms with Crippen molar-refractivity contribution in [1.29, 1.82) is 0 Å². The molecule has 122 valence electrons. The van der Waals surface area contributed by atoms with Gasteiger partial charge in [0.25, 0.3) is 0 Å². The van der Waals surface area contributed by atoms with Gasteiger partial charge in [0.1, 0.15) is 0 Å². The maximum absolute atomic E-state index is 12.2. The Bertz CT molecular complexity index is 334. The summed E-state index contributed by atoms with van der Waals surface area (Å²) in [5.74, 6) is -1.59. The quantitative estimate of drug-likeness (QED) is 0.373. The molecule has 0 aliphatic heterocycles. The van der Waals surface area contributed by atoms with E-state index < -0.39 is 17.4 Å². The van der Waals surface area contributed by atoms with E-state index in [1.807, 2.05) is 0 Å². The number of aliphatic carboxylic acids is 1. The first kappa shape index (κ1) is 18.0. The van der Waals surface area contributed by atoms with Gasteiger partial charge in [-0.15, -0.1) is 0 Å². The molecular weight excluding hydrogens is 268 g/mol. The summed E-state index contributed by atoms with van der Waals surface area (Å²) < 4.78 is 4.87. The van der Waals surface area contributed by atoms with Crippen LogP contribution in [0.3, 0.4) is 0 Å². The minimum absolute atomic E-state index is 0.0573. The summed E-state index contributed by atoms with van der Waals surface area (Å²) in [7, 11) is 1.30. The van der Waals surface area contributed by atoms with Crippen LogP contribution in [0.1, 0.15) is 77.6 Å². The van der Waals surface area contributed by atoms with Crippen LogP contribution in [-0.4, -0.2) is 24.2 Å². The highest BCUT2D eigenvalue weighted by molar-refractivity contribution is 5.99. The molecule has 1 fully saturated rings. The molecule has 0 amide bonds. The van der Waals surface area contributed by atoms with Crippen molar-refractivity contribution in [2.24, 2.45) is 11.3 Å². The second kappa shape index (κ2) is 9.06. The third kappa shape index (κ3) is 4.45. The Morgan fingerprint density at radius 3 is 2.19 bits per heavy atom. The van der Waals surface area contributed by atoms with E-state index in [0.29, 0.717) is 6.42 Å². The molecule has 4 nitrogen and oxygen atoms in total. The fourth-order valence-electron chi connectivity index (χ4n) is 3.63. The molecular formula is C17H30O4. The Labute approximate surface area is 128 Å². The van der Waals surface area contributed by atoms with Crippen LogP contribution in [0.4, 0.5) is 0 Å². The lowest BCUT2D eigenvalue weighted by Crippen LogP contribution is -2.45. The van der Waals surface area contributed by atoms with E-state index in [1.165, 1.54) is 26.4 Å². The molecule has 1 unspecified atom stereocenters. The zero-order valence-corrected chi connectivity index (χ0v) is 13.5. The maximum atomic E-state index is 12.2. The number of rotatable bonds is 10. The number of ether oxygens (including phenoxy) is 1. The summed E-state index contributed by atoms with van der Waals surface area (Å²) in [5, 5.41) is 9.73. The predicted octanol–water partition coefficient (Wildman–Crippen LogP) is 4.17. The molecule has 1 rings (SSSR count). The number of carboxylic acid groups (broad SMARTS) is 1. The zero-order valence-electron chi connectivity index (χ0n) is 13.5. The van der Waals surface area contributed by atoms with Gasteiger partial charge in [-0.3, -0.25) is 9.59 Å². The Balaban J connectivity index is 2.66. The molecule has 0 spiro atoms. The lowest BCUT2D eigenvalue weighted by molar-refractivity contribution is -0.172. The molecule has 1 aliphatic rings. The topological polar surface area (TPSA) is 63.6 Å². The van der Waals surface area contributed by atoms with Gasteiger partial charge in [-0.1, -0.05) is 58.3 Å². The van der Waals surface area contributed by atoms with Gasteiger partial charge in [-0.2, -0.15) is 0 Å². The molecule has 1 aliphatic carbocycles. The number of methoxy groups -OCH3 is 1. The number of carboxylic acids is 1. The molecule has 21 heavy (non-hydrogen) atoms. The molecule has 0 bridgehead atoms. The van der Waals surface area contributed by atoms with E-state index in [1.54, 1.807) is 0 Å². The minimum atomic E-state index is -1.31. The Kier molecular flexibility index (Phi) is 7.76. The number of carbonyl (C=O) groups excluding carboxylic acids is 1. The van der Waals surface area contributed by atoms with Crippen molar-refractivity contribution in [3.63, 3.8) is 0 Å². The summed E-state index contributed by atoms with van der Waals surface area (Å²) >= 11 is 0. The first-order valence-corrected chi connectivity index (χ1v) is 8.41. The van der Waals surface area contributed by atoms with Gasteiger partial charge in [-0.05, 0) is 25.2 Å². The molecule has 0 aromatic carbocycles. The van der Waals surface area contributed by atoms with Gasteiger partial charge < -0.3 is 9.84 Å². The number of esters is 1. The lowest BCUT2D eigenvalue weighted by Gasteiger charge is -2.32. The van der Waals surface area contributed by atoms with Crippen LogP contribution in [0.25, 0.3) is 0 Å². The van der Waals surface area contributed by atoms with Crippen molar-refractivity contribution in [1.82, 2.24) is 0 Å². The van der Waals surface area contributed by atoms with Crippen molar-refractivity contribution in [3.8, 4) is 0 Å². The van der Waals surface area contributed by atoms with Crippen LogP contribution in [0.15, 0.2) is 0 Å². The van der Waals surface area contributed by atoms with Crippen molar-refractivity contribution >= 4 is 11.9 Å². The third-order valence-corrected chi connectivity index (χ3v) is 4.91. The predicted molar refractivity (Wildman–Crippen MR) is 82.0 cm³/mol. The summed E-state index contributed by atoms with van der Waals surface area (Å²) in [4.78, 5) is 24.1. The minimum Gasteiger partial charge on any atom is -0.480 e. The second-order valence-corrected chi connectivity index (χ2v) is 6.27. The first-order valence-electron chi connectivity index (χ1n) is 8.41. The van der Waals surface area contributed by atoms with Gasteiger partial charge in [0.15, 0.2) is 5.41 Å². The molecule has 1 saturated carbocycles. The van der Waals surface area contributed by atoms with Gasteiger partial charge in [-0.25, -0.2) is 0 Å². The highest BCUT2D eigenvalue weighted by Gasteiger charge is 2.53. The summed E-state index contributed by atoms with van der Waals surface area (Å²) in [6.45, 7) is 2.17. The highest BCUT2D eigenvalue weighted by atomic mass is 16.5. The van der Waals surface area contributed by atoms with Crippen molar-refractivity contribution in [3.05, 3.63) is 0 Å². The smallest absolute Gasteiger partial charge is 0.323 e. The van der Waals surface area contributed by atoms with Crippen LogP contribution in [0.5, 0.6) is 0 Å².